The lowest BCUT2D eigenvalue weighted by Crippen LogP contribution is -2.23. The fourth-order valence-corrected chi connectivity index (χ4v) is 3.32. The molecule has 0 aliphatic rings. The van der Waals surface area contributed by atoms with Crippen molar-refractivity contribution in [3.05, 3.63) is 39.9 Å². The molecule has 0 spiro atoms. The normalized spacial score (nSPS) is 13.2. The molecule has 0 aromatic heterocycles. The highest BCUT2D eigenvalue weighted by Gasteiger charge is 2.18. The lowest BCUT2D eigenvalue weighted by molar-refractivity contribution is -0.384. The third-order valence-corrected chi connectivity index (χ3v) is 4.53. The summed E-state index contributed by atoms with van der Waals surface area (Å²) in [5, 5.41) is 10.6. The van der Waals surface area contributed by atoms with Gasteiger partial charge in [-0.05, 0) is 12.0 Å². The maximum absolute atomic E-state index is 11.8. The van der Waals surface area contributed by atoms with Crippen LogP contribution in [0.1, 0.15) is 31.4 Å². The Morgan fingerprint density at radius 1 is 1.42 bits per heavy atom. The highest BCUT2D eigenvalue weighted by molar-refractivity contribution is 7.91. The first-order chi connectivity index (χ1) is 8.85. The number of nitro benzene ring substituents is 1. The lowest BCUT2D eigenvalue weighted by Gasteiger charge is -2.12. The third-order valence-electron chi connectivity index (χ3n) is 2.75. The number of rotatable bonds is 7. The molecule has 0 aliphatic carbocycles. The molecule has 1 aromatic rings. The molecule has 0 fully saturated rings. The molecule has 1 atom stereocenters. The van der Waals surface area contributed by atoms with Crippen LogP contribution in [0.3, 0.4) is 0 Å². The van der Waals surface area contributed by atoms with Crippen LogP contribution in [0.5, 0.6) is 0 Å². The molecule has 0 amide bonds. The van der Waals surface area contributed by atoms with E-state index in [0.717, 1.165) is 6.42 Å². The number of non-ortho nitro benzene ring substituents is 1. The summed E-state index contributed by atoms with van der Waals surface area (Å²) < 4.78 is 23.6. The Morgan fingerprint density at radius 2 is 2.11 bits per heavy atom. The summed E-state index contributed by atoms with van der Waals surface area (Å²) in [5.41, 5.74) is 6.20. The molecule has 0 aliphatic heterocycles. The van der Waals surface area contributed by atoms with Gasteiger partial charge in [-0.1, -0.05) is 25.5 Å². The summed E-state index contributed by atoms with van der Waals surface area (Å²) >= 11 is 0. The monoisotopic (exact) mass is 286 g/mol. The minimum Gasteiger partial charge on any atom is -0.323 e. The van der Waals surface area contributed by atoms with E-state index in [0.29, 0.717) is 12.0 Å². The van der Waals surface area contributed by atoms with E-state index in [9.17, 15) is 18.5 Å². The van der Waals surface area contributed by atoms with Crippen LogP contribution in [0.25, 0.3) is 0 Å². The average Bonchev–Trinajstić information content (AvgIpc) is 2.36. The minimum atomic E-state index is -3.22. The van der Waals surface area contributed by atoms with Crippen molar-refractivity contribution in [2.75, 3.05) is 11.5 Å². The van der Waals surface area contributed by atoms with Gasteiger partial charge in [0.25, 0.3) is 5.69 Å². The Balaban J connectivity index is 2.80. The van der Waals surface area contributed by atoms with E-state index >= 15 is 0 Å². The van der Waals surface area contributed by atoms with Crippen molar-refractivity contribution in [1.82, 2.24) is 0 Å². The van der Waals surface area contributed by atoms with Crippen LogP contribution in [0.4, 0.5) is 5.69 Å². The number of hydrogen-bond donors (Lipinski definition) is 1. The molecular weight excluding hydrogens is 268 g/mol. The van der Waals surface area contributed by atoms with Crippen LogP contribution in [0.15, 0.2) is 24.3 Å². The van der Waals surface area contributed by atoms with Gasteiger partial charge in [0.2, 0.25) is 0 Å². The first-order valence-corrected chi connectivity index (χ1v) is 7.88. The standard InChI is InChI=1S/C12H18N2O4S/c1-2-3-7-19(17,18)9-12(13)10-5-4-6-11(8-10)14(15)16/h4-6,8,12H,2-3,7,9,13H2,1H3. The van der Waals surface area contributed by atoms with Gasteiger partial charge in [0.05, 0.1) is 16.4 Å². The third kappa shape index (κ3) is 4.96. The van der Waals surface area contributed by atoms with Crippen LogP contribution in [0, 0.1) is 10.1 Å². The largest absolute Gasteiger partial charge is 0.323 e. The van der Waals surface area contributed by atoms with Crippen molar-refractivity contribution in [3.8, 4) is 0 Å². The van der Waals surface area contributed by atoms with E-state index < -0.39 is 20.8 Å². The molecule has 0 heterocycles. The molecular formula is C12H18N2O4S. The van der Waals surface area contributed by atoms with Gasteiger partial charge < -0.3 is 5.73 Å². The summed E-state index contributed by atoms with van der Waals surface area (Å²) in [5.74, 6) is -0.0830. The molecule has 0 saturated carbocycles. The van der Waals surface area contributed by atoms with Gasteiger partial charge in [0.1, 0.15) is 0 Å². The molecule has 1 aromatic carbocycles. The maximum Gasteiger partial charge on any atom is 0.269 e. The highest BCUT2D eigenvalue weighted by atomic mass is 32.2. The molecule has 2 N–H and O–H groups in total. The Bertz CT molecular complexity index is 542. The second-order valence-electron chi connectivity index (χ2n) is 4.43. The number of nitro groups is 1. The van der Waals surface area contributed by atoms with E-state index in [1.807, 2.05) is 6.92 Å². The van der Waals surface area contributed by atoms with Crippen molar-refractivity contribution >= 4 is 15.5 Å². The first kappa shape index (κ1) is 15.6. The predicted octanol–water partition coefficient (Wildman–Crippen LogP) is 1.81. The molecule has 0 bridgehead atoms. The van der Waals surface area contributed by atoms with E-state index in [1.54, 1.807) is 6.07 Å². The van der Waals surface area contributed by atoms with Crippen LogP contribution in [-0.4, -0.2) is 24.8 Å². The van der Waals surface area contributed by atoms with Gasteiger partial charge >= 0.3 is 0 Å². The van der Waals surface area contributed by atoms with E-state index in [4.69, 9.17) is 5.73 Å². The van der Waals surface area contributed by atoms with Gasteiger partial charge in [0, 0.05) is 18.2 Å². The molecule has 0 radical (unpaired) electrons. The van der Waals surface area contributed by atoms with Crippen molar-refractivity contribution in [1.29, 1.82) is 0 Å². The van der Waals surface area contributed by atoms with Crippen LogP contribution >= 0.6 is 0 Å². The summed E-state index contributed by atoms with van der Waals surface area (Å²) in [6.45, 7) is 1.91. The number of sulfone groups is 1. The zero-order valence-electron chi connectivity index (χ0n) is 10.8. The van der Waals surface area contributed by atoms with Crippen molar-refractivity contribution in [3.63, 3.8) is 0 Å². The highest BCUT2D eigenvalue weighted by Crippen LogP contribution is 2.19. The molecule has 1 rings (SSSR count). The maximum atomic E-state index is 11.8. The number of unbranched alkanes of at least 4 members (excludes halogenated alkanes) is 1. The second-order valence-corrected chi connectivity index (χ2v) is 6.66. The van der Waals surface area contributed by atoms with E-state index in [-0.39, 0.29) is 17.2 Å². The summed E-state index contributed by atoms with van der Waals surface area (Å²) in [6, 6.07) is 5.04. The van der Waals surface area contributed by atoms with Crippen molar-refractivity contribution in [2.24, 2.45) is 5.73 Å². The number of hydrogen-bond acceptors (Lipinski definition) is 5. The van der Waals surface area contributed by atoms with E-state index in [2.05, 4.69) is 0 Å². The lowest BCUT2D eigenvalue weighted by atomic mass is 10.1. The van der Waals surface area contributed by atoms with Crippen molar-refractivity contribution in [2.45, 2.75) is 25.8 Å². The quantitative estimate of drug-likeness (QED) is 0.608. The van der Waals surface area contributed by atoms with Gasteiger partial charge in [-0.25, -0.2) is 8.42 Å². The average molecular weight is 286 g/mol. The smallest absolute Gasteiger partial charge is 0.269 e. The molecule has 6 nitrogen and oxygen atoms in total. The SMILES string of the molecule is CCCCS(=O)(=O)CC(N)c1cccc([N+](=O)[O-])c1. The fraction of sp³-hybridized carbons (Fsp3) is 0.500. The zero-order valence-corrected chi connectivity index (χ0v) is 11.6. The Kier molecular flexibility index (Phi) is 5.44. The summed E-state index contributed by atoms with van der Waals surface area (Å²) in [4.78, 5) is 10.1. The van der Waals surface area contributed by atoms with Gasteiger partial charge in [0.15, 0.2) is 9.84 Å². The van der Waals surface area contributed by atoms with Crippen LogP contribution < -0.4 is 5.73 Å². The number of benzene rings is 1. The number of nitrogens with two attached hydrogens (primary N) is 1. The zero-order chi connectivity index (χ0) is 14.5. The fourth-order valence-electron chi connectivity index (χ4n) is 1.69. The number of nitrogens with zero attached hydrogens (tertiary/aromatic N) is 1. The second kappa shape index (κ2) is 6.63. The summed E-state index contributed by atoms with van der Waals surface area (Å²) in [7, 11) is -3.22. The van der Waals surface area contributed by atoms with Gasteiger partial charge in [-0.3, -0.25) is 10.1 Å². The minimum absolute atomic E-state index is 0.0843. The Morgan fingerprint density at radius 3 is 2.68 bits per heavy atom. The van der Waals surface area contributed by atoms with Crippen LogP contribution in [-0.2, 0) is 9.84 Å². The molecule has 1 unspecified atom stereocenters. The first-order valence-electron chi connectivity index (χ1n) is 6.06. The Labute approximate surface area is 112 Å². The molecule has 0 saturated heterocycles. The van der Waals surface area contributed by atoms with Gasteiger partial charge in [-0.2, -0.15) is 0 Å². The Hall–Kier alpha value is -1.47. The topological polar surface area (TPSA) is 103 Å². The van der Waals surface area contributed by atoms with E-state index in [1.165, 1.54) is 18.2 Å². The molecule has 7 heteroatoms. The van der Waals surface area contributed by atoms with Gasteiger partial charge in [-0.15, -0.1) is 0 Å². The predicted molar refractivity (Wildman–Crippen MR) is 73.6 cm³/mol. The van der Waals surface area contributed by atoms with Crippen LogP contribution in [0.2, 0.25) is 0 Å². The molecule has 19 heavy (non-hydrogen) atoms. The molecule has 106 valence electrons. The summed E-state index contributed by atoms with van der Waals surface area (Å²) in [6.07, 6.45) is 1.40. The van der Waals surface area contributed by atoms with Crippen molar-refractivity contribution < 1.29 is 13.3 Å².